The molecule has 0 saturated carbocycles. The highest BCUT2D eigenvalue weighted by Gasteiger charge is 2.23. The second kappa shape index (κ2) is 13.5. The van der Waals surface area contributed by atoms with Gasteiger partial charge in [-0.25, -0.2) is 20.1 Å². The molecule has 202 valence electrons. The molecular weight excluding hydrogens is 500 g/mol. The molecule has 0 spiro atoms. The fourth-order valence-electron chi connectivity index (χ4n) is 3.51. The van der Waals surface area contributed by atoms with Crippen molar-refractivity contribution in [1.29, 1.82) is 0 Å². The Labute approximate surface area is 217 Å². The predicted molar refractivity (Wildman–Crippen MR) is 136 cm³/mol. The minimum absolute atomic E-state index is 0.0153. The molecule has 3 rings (SSSR count). The van der Waals surface area contributed by atoms with Gasteiger partial charge in [-0.15, -0.1) is 0 Å². The number of pyridine rings is 1. The number of nitrogens with zero attached hydrogens (tertiary/aromatic N) is 4. The van der Waals surface area contributed by atoms with Crippen LogP contribution in [0, 0.1) is 10.1 Å². The number of carbonyl (C=O) groups is 3. The summed E-state index contributed by atoms with van der Waals surface area (Å²) < 4.78 is 10.1. The molecule has 1 aromatic heterocycles. The number of benzene rings is 1. The Bertz CT molecular complexity index is 1170. The first-order chi connectivity index (χ1) is 18.3. The lowest BCUT2D eigenvalue weighted by molar-refractivity contribution is -0.525. The number of aliphatic imine (C=N–C) groups is 1. The number of hydrogen-bond acceptors (Lipinski definition) is 9. The lowest BCUT2D eigenvalue weighted by Gasteiger charge is -2.27. The van der Waals surface area contributed by atoms with Crippen molar-refractivity contribution >= 4 is 35.1 Å². The number of aromatic nitrogens is 1. The van der Waals surface area contributed by atoms with Gasteiger partial charge in [0.2, 0.25) is 11.8 Å². The van der Waals surface area contributed by atoms with Gasteiger partial charge in [-0.2, -0.15) is 0 Å². The number of hydrazine groups is 1. The average Bonchev–Trinajstić information content (AvgIpc) is 2.90. The van der Waals surface area contributed by atoms with Crippen molar-refractivity contribution in [3.8, 4) is 5.88 Å². The first-order valence-corrected chi connectivity index (χ1v) is 11.6. The quantitative estimate of drug-likeness (QED) is 0.102. The summed E-state index contributed by atoms with van der Waals surface area (Å²) in [6.07, 6.45) is 1.78. The van der Waals surface area contributed by atoms with Gasteiger partial charge in [0, 0.05) is 36.7 Å². The number of hydrogen-bond donors (Lipinski definition) is 4. The van der Waals surface area contributed by atoms with Crippen molar-refractivity contribution in [3.63, 3.8) is 0 Å². The number of ether oxygens (including phenoxy) is 2. The summed E-state index contributed by atoms with van der Waals surface area (Å²) in [5.74, 6) is -1.21. The van der Waals surface area contributed by atoms with E-state index < -0.39 is 22.9 Å². The van der Waals surface area contributed by atoms with Crippen molar-refractivity contribution in [2.45, 2.75) is 18.9 Å². The van der Waals surface area contributed by atoms with Gasteiger partial charge in [0.1, 0.15) is 12.6 Å². The normalized spacial score (nSPS) is 14.4. The van der Waals surface area contributed by atoms with Crippen LogP contribution in [0.15, 0.2) is 47.6 Å². The van der Waals surface area contributed by atoms with E-state index in [0.717, 1.165) is 0 Å². The molecule has 2 heterocycles. The molecule has 0 aliphatic carbocycles. The number of carbonyl (C=O) groups excluding carboxylic acids is 3. The minimum atomic E-state index is -0.968. The third-order valence-corrected chi connectivity index (χ3v) is 5.40. The smallest absolute Gasteiger partial charge is 0.253 e. The largest absolute Gasteiger partial charge is 0.481 e. The van der Waals surface area contributed by atoms with E-state index in [0.29, 0.717) is 30.4 Å². The first-order valence-electron chi connectivity index (χ1n) is 11.6. The van der Waals surface area contributed by atoms with Gasteiger partial charge in [0.15, 0.2) is 5.03 Å². The topological polar surface area (TPSA) is 203 Å². The molecule has 1 saturated heterocycles. The average molecular weight is 529 g/mol. The zero-order chi connectivity index (χ0) is 27.5. The van der Waals surface area contributed by atoms with E-state index >= 15 is 0 Å². The molecule has 2 aromatic rings. The molecule has 1 aromatic carbocycles. The van der Waals surface area contributed by atoms with Gasteiger partial charge in [-0.05, 0) is 43.2 Å². The van der Waals surface area contributed by atoms with Gasteiger partial charge in [-0.1, -0.05) is 5.43 Å². The molecule has 15 nitrogen and oxygen atoms in total. The fourth-order valence-corrected chi connectivity index (χ4v) is 3.51. The van der Waals surface area contributed by atoms with E-state index in [1.165, 1.54) is 25.4 Å². The van der Waals surface area contributed by atoms with Crippen molar-refractivity contribution in [3.05, 3.63) is 58.3 Å². The Kier molecular flexibility index (Phi) is 9.87. The molecular formula is C23H28N8O7. The second-order valence-corrected chi connectivity index (χ2v) is 8.03. The Balaban J connectivity index is 1.67. The van der Waals surface area contributed by atoms with Crippen molar-refractivity contribution < 1.29 is 28.9 Å². The number of methoxy groups -OCH3 is 1. The molecule has 0 unspecified atom stereocenters. The zero-order valence-electron chi connectivity index (χ0n) is 20.6. The molecule has 5 N–H and O–H groups in total. The molecule has 1 aliphatic rings. The number of amides is 3. The molecule has 1 atom stereocenters. The lowest BCUT2D eigenvalue weighted by Crippen LogP contribution is -2.44. The summed E-state index contributed by atoms with van der Waals surface area (Å²) >= 11 is 0. The van der Waals surface area contributed by atoms with Crippen molar-refractivity contribution in [2.24, 2.45) is 10.7 Å². The van der Waals surface area contributed by atoms with Crippen LogP contribution in [0.4, 0.5) is 11.4 Å². The van der Waals surface area contributed by atoms with E-state index in [1.807, 2.05) is 0 Å². The third kappa shape index (κ3) is 8.12. The van der Waals surface area contributed by atoms with Gasteiger partial charge in [-0.3, -0.25) is 14.4 Å². The van der Waals surface area contributed by atoms with Crippen LogP contribution in [0.3, 0.4) is 0 Å². The van der Waals surface area contributed by atoms with Gasteiger partial charge in [0.25, 0.3) is 17.8 Å². The van der Waals surface area contributed by atoms with Gasteiger partial charge in [0.05, 0.1) is 19.3 Å². The molecule has 1 fully saturated rings. The van der Waals surface area contributed by atoms with Crippen LogP contribution in [0.1, 0.15) is 23.2 Å². The van der Waals surface area contributed by atoms with Crippen LogP contribution in [0.5, 0.6) is 5.88 Å². The highest BCUT2D eigenvalue weighted by atomic mass is 16.7. The maximum atomic E-state index is 13.1. The maximum absolute atomic E-state index is 13.1. The molecule has 0 radical (unpaired) electrons. The monoisotopic (exact) mass is 528 g/mol. The number of nitro groups is 1. The van der Waals surface area contributed by atoms with Crippen LogP contribution in [0.2, 0.25) is 0 Å². The van der Waals surface area contributed by atoms with Crippen LogP contribution in [-0.2, 0) is 14.3 Å². The highest BCUT2D eigenvalue weighted by Crippen LogP contribution is 2.20. The SMILES string of the molecule is COc1ccc(C(=O)N[C@@H](CCCN=C(N)N[N+](=O)[O-])C(=O)Nc2ccc(N3CCOCC3=O)cc2)cn1. The molecule has 0 bridgehead atoms. The highest BCUT2D eigenvalue weighted by molar-refractivity contribution is 6.01. The Morgan fingerprint density at radius 2 is 2.05 bits per heavy atom. The lowest BCUT2D eigenvalue weighted by atomic mass is 10.1. The number of anilines is 2. The van der Waals surface area contributed by atoms with E-state index in [1.54, 1.807) is 34.6 Å². The minimum Gasteiger partial charge on any atom is -0.481 e. The predicted octanol–water partition coefficient (Wildman–Crippen LogP) is 0.0667. The number of nitrogens with two attached hydrogens (primary N) is 1. The zero-order valence-corrected chi connectivity index (χ0v) is 20.6. The molecule has 1 aliphatic heterocycles. The summed E-state index contributed by atoms with van der Waals surface area (Å²) in [5.41, 5.74) is 8.50. The number of nitrogens with one attached hydrogen (secondary N) is 3. The van der Waals surface area contributed by atoms with E-state index in [-0.39, 0.29) is 43.4 Å². The van der Waals surface area contributed by atoms with Crippen LogP contribution < -0.4 is 31.4 Å². The summed E-state index contributed by atoms with van der Waals surface area (Å²) in [5, 5.41) is 15.0. The summed E-state index contributed by atoms with van der Waals surface area (Å²) in [6.45, 7) is 0.968. The van der Waals surface area contributed by atoms with Crippen molar-refractivity contribution in [2.75, 3.05) is 43.6 Å². The second-order valence-electron chi connectivity index (χ2n) is 8.03. The maximum Gasteiger partial charge on any atom is 0.253 e. The Morgan fingerprint density at radius 3 is 2.68 bits per heavy atom. The third-order valence-electron chi connectivity index (χ3n) is 5.40. The first kappa shape index (κ1) is 27.8. The van der Waals surface area contributed by atoms with Crippen LogP contribution in [0.25, 0.3) is 0 Å². The van der Waals surface area contributed by atoms with Crippen LogP contribution >= 0.6 is 0 Å². The summed E-state index contributed by atoms with van der Waals surface area (Å²) in [4.78, 5) is 57.8. The Hall–Kier alpha value is -4.79. The number of guanidine groups is 1. The van der Waals surface area contributed by atoms with Crippen LogP contribution in [-0.4, -0.2) is 73.2 Å². The van der Waals surface area contributed by atoms with E-state index in [9.17, 15) is 24.5 Å². The summed E-state index contributed by atoms with van der Waals surface area (Å²) in [7, 11) is 1.45. The molecule has 3 amide bonds. The van der Waals surface area contributed by atoms with Gasteiger partial charge < -0.3 is 30.7 Å². The standard InChI is InChI=1S/C23H28N8O7/c1-37-19-9-4-15(13-26-19)21(33)28-18(3-2-10-25-23(24)29-31(35)36)22(34)27-16-5-7-17(8-6-16)30-11-12-38-14-20(30)32/h4-9,13,18H,2-3,10-12,14H2,1H3,(H,27,34)(H,28,33)(H3,24,25,29)/t18-/m0/s1. The fraction of sp³-hybridized carbons (Fsp3) is 0.348. The molecule has 15 heteroatoms. The molecule has 38 heavy (non-hydrogen) atoms. The summed E-state index contributed by atoms with van der Waals surface area (Å²) in [6, 6.07) is 8.77. The van der Waals surface area contributed by atoms with Crippen molar-refractivity contribution in [1.82, 2.24) is 15.7 Å². The Morgan fingerprint density at radius 1 is 1.29 bits per heavy atom. The number of morpholine rings is 1. The van der Waals surface area contributed by atoms with E-state index in [2.05, 4.69) is 20.6 Å². The van der Waals surface area contributed by atoms with E-state index in [4.69, 9.17) is 15.2 Å². The number of rotatable bonds is 11. The van der Waals surface area contributed by atoms with Gasteiger partial charge >= 0.3 is 0 Å².